The molecule has 4 heteroatoms. The van der Waals surface area contributed by atoms with Gasteiger partial charge in [0.1, 0.15) is 23.9 Å². The van der Waals surface area contributed by atoms with Crippen LogP contribution in [0.1, 0.15) is 22.6 Å². The highest BCUT2D eigenvalue weighted by molar-refractivity contribution is 5.28. The molecule has 0 spiro atoms. The van der Waals surface area contributed by atoms with Gasteiger partial charge in [-0.1, -0.05) is 12.1 Å². The summed E-state index contributed by atoms with van der Waals surface area (Å²) in [6.45, 7) is 3.79. The number of methoxy groups -OCH3 is 1. The van der Waals surface area contributed by atoms with Gasteiger partial charge in [-0.15, -0.1) is 0 Å². The van der Waals surface area contributed by atoms with E-state index in [1.165, 1.54) is 5.56 Å². The molecule has 0 aliphatic carbocycles. The predicted molar refractivity (Wildman–Crippen MR) is 77.7 cm³/mol. The zero-order valence-corrected chi connectivity index (χ0v) is 12.2. The lowest BCUT2D eigenvalue weighted by Crippen LogP contribution is -2.04. The van der Waals surface area contributed by atoms with Crippen molar-refractivity contribution in [3.8, 4) is 5.75 Å². The molecule has 1 aromatic heterocycles. The van der Waals surface area contributed by atoms with Crippen molar-refractivity contribution in [2.24, 2.45) is 0 Å². The largest absolute Gasteiger partial charge is 0.486 e. The van der Waals surface area contributed by atoms with E-state index in [4.69, 9.17) is 13.9 Å². The fourth-order valence-electron chi connectivity index (χ4n) is 2.07. The van der Waals surface area contributed by atoms with Crippen molar-refractivity contribution in [3.63, 3.8) is 0 Å². The van der Waals surface area contributed by atoms with E-state index < -0.39 is 0 Å². The van der Waals surface area contributed by atoms with Crippen LogP contribution in [0.4, 0.5) is 0 Å². The molecule has 1 heterocycles. The first kappa shape index (κ1) is 14.6. The predicted octanol–water partition coefficient (Wildman–Crippen LogP) is 3.03. The van der Waals surface area contributed by atoms with Crippen LogP contribution in [0.2, 0.25) is 0 Å². The molecule has 2 rings (SSSR count). The minimum absolute atomic E-state index is 0.432. The monoisotopic (exact) mass is 275 g/mol. The molecule has 0 atom stereocenters. The topological polar surface area (TPSA) is 43.6 Å². The Kier molecular flexibility index (Phi) is 5.21. The van der Waals surface area contributed by atoms with Crippen LogP contribution >= 0.6 is 0 Å². The Balaban J connectivity index is 1.97. The first-order chi connectivity index (χ1) is 9.72. The number of furan rings is 1. The molecule has 4 nitrogen and oxygen atoms in total. The van der Waals surface area contributed by atoms with E-state index in [-0.39, 0.29) is 0 Å². The summed E-state index contributed by atoms with van der Waals surface area (Å²) in [6, 6.07) is 9.92. The number of benzene rings is 1. The Bertz CT molecular complexity index is 548. The van der Waals surface area contributed by atoms with Gasteiger partial charge in [0, 0.05) is 19.2 Å². The first-order valence-corrected chi connectivity index (χ1v) is 6.66. The van der Waals surface area contributed by atoms with Gasteiger partial charge in [-0.3, -0.25) is 0 Å². The summed E-state index contributed by atoms with van der Waals surface area (Å²) in [6.07, 6.45) is 0. The van der Waals surface area contributed by atoms with Crippen molar-refractivity contribution >= 4 is 0 Å². The maximum Gasteiger partial charge on any atom is 0.146 e. The summed E-state index contributed by atoms with van der Waals surface area (Å²) in [5.41, 5.74) is 2.26. The number of aryl methyl sites for hydroxylation is 1. The summed E-state index contributed by atoms with van der Waals surface area (Å²) in [7, 11) is 3.60. The molecule has 0 aliphatic heterocycles. The fraction of sp³-hybridized carbons (Fsp3) is 0.375. The standard InChI is InChI=1S/C16H21NO3/c1-12-14(9-17-2)8-16(20-12)11-19-15-6-4-5-13(7-15)10-18-3/h4-8,17H,9-11H2,1-3H3. The second-order valence-electron chi connectivity index (χ2n) is 4.69. The van der Waals surface area contributed by atoms with Gasteiger partial charge >= 0.3 is 0 Å². The van der Waals surface area contributed by atoms with Crippen molar-refractivity contribution in [2.75, 3.05) is 14.2 Å². The number of ether oxygens (including phenoxy) is 2. The molecule has 0 saturated heterocycles. The molecule has 0 fully saturated rings. The number of hydrogen-bond donors (Lipinski definition) is 1. The lowest BCUT2D eigenvalue weighted by atomic mass is 10.2. The van der Waals surface area contributed by atoms with E-state index in [0.29, 0.717) is 13.2 Å². The minimum Gasteiger partial charge on any atom is -0.486 e. The second-order valence-corrected chi connectivity index (χ2v) is 4.69. The van der Waals surface area contributed by atoms with Crippen molar-refractivity contribution in [1.29, 1.82) is 0 Å². The zero-order chi connectivity index (χ0) is 14.4. The number of hydrogen-bond acceptors (Lipinski definition) is 4. The van der Waals surface area contributed by atoms with Crippen LogP contribution in [0.15, 0.2) is 34.7 Å². The third-order valence-corrected chi connectivity index (χ3v) is 3.03. The van der Waals surface area contributed by atoms with Gasteiger partial charge in [-0.2, -0.15) is 0 Å². The van der Waals surface area contributed by atoms with Crippen molar-refractivity contribution in [1.82, 2.24) is 5.32 Å². The summed E-state index contributed by atoms with van der Waals surface area (Å²) >= 11 is 0. The molecule has 0 bridgehead atoms. The molecule has 0 unspecified atom stereocenters. The Morgan fingerprint density at radius 3 is 2.80 bits per heavy atom. The Morgan fingerprint density at radius 1 is 1.20 bits per heavy atom. The number of rotatable bonds is 7. The molecule has 0 radical (unpaired) electrons. The van der Waals surface area contributed by atoms with Gasteiger partial charge in [0.2, 0.25) is 0 Å². The summed E-state index contributed by atoms with van der Waals surface area (Å²) < 4.78 is 16.5. The third-order valence-electron chi connectivity index (χ3n) is 3.03. The van der Waals surface area contributed by atoms with Crippen molar-refractivity contribution in [3.05, 3.63) is 53.0 Å². The quantitative estimate of drug-likeness (QED) is 0.843. The molecule has 1 aromatic carbocycles. The third kappa shape index (κ3) is 3.85. The summed E-state index contributed by atoms with van der Waals surface area (Å²) in [5.74, 6) is 2.60. The van der Waals surface area contributed by atoms with Gasteiger partial charge in [0.25, 0.3) is 0 Å². The Hall–Kier alpha value is -1.78. The Morgan fingerprint density at radius 2 is 2.05 bits per heavy atom. The lowest BCUT2D eigenvalue weighted by Gasteiger charge is -2.06. The summed E-state index contributed by atoms with van der Waals surface area (Å²) in [5, 5.41) is 3.12. The van der Waals surface area contributed by atoms with Gasteiger partial charge in [0.15, 0.2) is 0 Å². The molecular formula is C16H21NO3. The van der Waals surface area contributed by atoms with Crippen LogP contribution < -0.4 is 10.1 Å². The SMILES string of the molecule is CNCc1cc(COc2cccc(COC)c2)oc1C. The van der Waals surface area contributed by atoms with Gasteiger partial charge in [-0.05, 0) is 37.7 Å². The smallest absolute Gasteiger partial charge is 0.146 e. The first-order valence-electron chi connectivity index (χ1n) is 6.66. The molecule has 20 heavy (non-hydrogen) atoms. The molecular weight excluding hydrogens is 254 g/mol. The normalized spacial score (nSPS) is 10.8. The minimum atomic E-state index is 0.432. The maximum atomic E-state index is 5.76. The van der Waals surface area contributed by atoms with Gasteiger partial charge in [0.05, 0.1) is 6.61 Å². The van der Waals surface area contributed by atoms with Gasteiger partial charge < -0.3 is 19.2 Å². The molecule has 0 saturated carbocycles. The Labute approximate surface area is 119 Å². The fourth-order valence-corrected chi connectivity index (χ4v) is 2.07. The zero-order valence-electron chi connectivity index (χ0n) is 12.2. The van der Waals surface area contributed by atoms with Gasteiger partial charge in [-0.25, -0.2) is 0 Å². The van der Waals surface area contributed by atoms with E-state index in [0.717, 1.165) is 29.4 Å². The van der Waals surface area contributed by atoms with E-state index in [1.54, 1.807) is 7.11 Å². The van der Waals surface area contributed by atoms with Crippen LogP contribution in [0.25, 0.3) is 0 Å². The maximum absolute atomic E-state index is 5.76. The van der Waals surface area contributed by atoms with Crippen molar-refractivity contribution < 1.29 is 13.9 Å². The van der Waals surface area contributed by atoms with E-state index in [2.05, 4.69) is 5.32 Å². The molecule has 108 valence electrons. The highest BCUT2D eigenvalue weighted by Crippen LogP contribution is 2.19. The average molecular weight is 275 g/mol. The van der Waals surface area contributed by atoms with E-state index in [9.17, 15) is 0 Å². The van der Waals surface area contributed by atoms with E-state index >= 15 is 0 Å². The van der Waals surface area contributed by atoms with E-state index in [1.807, 2.05) is 44.3 Å². The van der Waals surface area contributed by atoms with Crippen LogP contribution in [0.3, 0.4) is 0 Å². The van der Waals surface area contributed by atoms with Crippen LogP contribution in [-0.4, -0.2) is 14.2 Å². The number of nitrogens with one attached hydrogen (secondary N) is 1. The van der Waals surface area contributed by atoms with Crippen molar-refractivity contribution in [2.45, 2.75) is 26.7 Å². The molecule has 2 aromatic rings. The average Bonchev–Trinajstić information content (AvgIpc) is 2.79. The molecule has 0 amide bonds. The lowest BCUT2D eigenvalue weighted by molar-refractivity contribution is 0.184. The molecule has 1 N–H and O–H groups in total. The summed E-state index contributed by atoms with van der Waals surface area (Å²) in [4.78, 5) is 0. The van der Waals surface area contributed by atoms with Crippen LogP contribution in [0, 0.1) is 6.92 Å². The highest BCUT2D eigenvalue weighted by atomic mass is 16.5. The second kappa shape index (κ2) is 7.12. The molecule has 0 aliphatic rings. The highest BCUT2D eigenvalue weighted by Gasteiger charge is 2.07. The van der Waals surface area contributed by atoms with Crippen LogP contribution in [-0.2, 0) is 24.5 Å². The van der Waals surface area contributed by atoms with Crippen LogP contribution in [0.5, 0.6) is 5.75 Å².